The van der Waals surface area contributed by atoms with Crippen LogP contribution in [0.15, 0.2) is 54.6 Å². The summed E-state index contributed by atoms with van der Waals surface area (Å²) in [5.74, 6) is 0. The first-order chi connectivity index (χ1) is 14.1. The molecule has 0 fully saturated rings. The number of thiocarbonyl (C=S) groups is 1. The maximum absolute atomic E-state index is 13.0. The smallest absolute Gasteiger partial charge is 0.356 e. The summed E-state index contributed by atoms with van der Waals surface area (Å²) in [7, 11) is 0. The summed E-state index contributed by atoms with van der Waals surface area (Å²) in [6.07, 6.45) is -4.37. The molecule has 1 unspecified atom stereocenters. The van der Waals surface area contributed by atoms with Gasteiger partial charge in [0.2, 0.25) is 0 Å². The Morgan fingerprint density at radius 3 is 2.47 bits per heavy atom. The van der Waals surface area contributed by atoms with Gasteiger partial charge in [-0.3, -0.25) is 4.68 Å². The molecule has 8 heteroatoms. The topological polar surface area (TPSA) is 41.9 Å². The molecule has 0 aliphatic rings. The molecule has 3 rings (SSSR count). The van der Waals surface area contributed by atoms with Crippen molar-refractivity contribution in [2.24, 2.45) is 0 Å². The minimum Gasteiger partial charge on any atom is -0.356 e. The average molecular weight is 433 g/mol. The summed E-state index contributed by atoms with van der Waals surface area (Å²) in [5, 5.41) is 11.3. The van der Waals surface area contributed by atoms with Crippen molar-refractivity contribution in [3.8, 4) is 0 Å². The lowest BCUT2D eigenvalue weighted by molar-refractivity contribution is -0.137. The molecule has 0 bridgehead atoms. The third kappa shape index (κ3) is 5.18. The second-order valence-corrected chi connectivity index (χ2v) is 7.54. The molecule has 158 valence electrons. The number of aryl methyl sites for hydroxylation is 1. The first-order valence-electron chi connectivity index (χ1n) is 9.47. The van der Waals surface area contributed by atoms with Gasteiger partial charge >= 0.3 is 6.18 Å². The Labute approximate surface area is 179 Å². The van der Waals surface area contributed by atoms with E-state index in [4.69, 9.17) is 12.2 Å². The first-order valence-corrected chi connectivity index (χ1v) is 9.88. The van der Waals surface area contributed by atoms with E-state index in [0.29, 0.717) is 10.7 Å². The van der Waals surface area contributed by atoms with Gasteiger partial charge in [-0.05, 0) is 56.2 Å². The van der Waals surface area contributed by atoms with Gasteiger partial charge in [0.15, 0.2) is 5.11 Å². The maximum Gasteiger partial charge on any atom is 0.416 e. The van der Waals surface area contributed by atoms with Crippen molar-refractivity contribution in [2.75, 3.05) is 5.32 Å². The van der Waals surface area contributed by atoms with Crippen LogP contribution in [0, 0.1) is 13.8 Å². The number of halogens is 3. The van der Waals surface area contributed by atoms with E-state index in [1.54, 1.807) is 10.7 Å². The summed E-state index contributed by atoms with van der Waals surface area (Å²) >= 11 is 5.44. The quantitative estimate of drug-likeness (QED) is 0.514. The highest BCUT2D eigenvalue weighted by Gasteiger charge is 2.30. The van der Waals surface area contributed by atoms with Crippen LogP contribution in [0.3, 0.4) is 0 Å². The summed E-state index contributed by atoms with van der Waals surface area (Å²) in [6.45, 7) is 5.94. The fourth-order valence-electron chi connectivity index (χ4n) is 3.22. The van der Waals surface area contributed by atoms with E-state index in [0.717, 1.165) is 34.8 Å². The van der Waals surface area contributed by atoms with Crippen LogP contribution in [0.4, 0.5) is 18.9 Å². The predicted molar refractivity (Wildman–Crippen MR) is 116 cm³/mol. The molecular formula is C22H23F3N4S. The molecule has 2 N–H and O–H groups in total. The molecule has 30 heavy (non-hydrogen) atoms. The number of benzene rings is 2. The zero-order valence-corrected chi connectivity index (χ0v) is 17.7. The molecule has 0 saturated heterocycles. The summed E-state index contributed by atoms with van der Waals surface area (Å²) < 4.78 is 40.6. The lowest BCUT2D eigenvalue weighted by Crippen LogP contribution is -2.31. The standard InChI is InChI=1S/C22H23F3N4S/c1-14(18-9-5-4-6-10-18)26-21(30)27-20-15(2)28-29(16(20)3)13-17-8-7-11-19(12-17)22(23,24)25/h4-12,14H,13H2,1-3H3,(H2,26,27,30). The van der Waals surface area contributed by atoms with E-state index >= 15 is 0 Å². The third-order valence-corrected chi connectivity index (χ3v) is 5.07. The van der Waals surface area contributed by atoms with Crippen molar-refractivity contribution in [2.45, 2.75) is 39.5 Å². The highest BCUT2D eigenvalue weighted by atomic mass is 32.1. The predicted octanol–water partition coefficient (Wildman–Crippen LogP) is 5.61. The highest BCUT2D eigenvalue weighted by Crippen LogP contribution is 2.30. The van der Waals surface area contributed by atoms with E-state index < -0.39 is 11.7 Å². The molecule has 0 amide bonds. The zero-order valence-electron chi connectivity index (χ0n) is 16.9. The Bertz CT molecular complexity index is 1030. The molecule has 1 aromatic heterocycles. The number of aromatic nitrogens is 2. The number of hydrogen-bond acceptors (Lipinski definition) is 2. The summed E-state index contributed by atoms with van der Waals surface area (Å²) in [5.41, 5.74) is 3.23. The van der Waals surface area contributed by atoms with Crippen molar-refractivity contribution < 1.29 is 13.2 Å². The second kappa shape index (κ2) is 8.87. The van der Waals surface area contributed by atoms with Crippen LogP contribution >= 0.6 is 12.2 Å². The van der Waals surface area contributed by atoms with Crippen LogP contribution in [0.5, 0.6) is 0 Å². The van der Waals surface area contributed by atoms with Crippen LogP contribution < -0.4 is 10.6 Å². The van der Waals surface area contributed by atoms with Crippen molar-refractivity contribution in [1.82, 2.24) is 15.1 Å². The molecule has 0 aliphatic carbocycles. The lowest BCUT2D eigenvalue weighted by Gasteiger charge is -2.17. The SMILES string of the molecule is Cc1nn(Cc2cccc(C(F)(F)F)c2)c(C)c1NC(=S)NC(C)c1ccccc1. The van der Waals surface area contributed by atoms with E-state index in [2.05, 4.69) is 15.7 Å². The second-order valence-electron chi connectivity index (χ2n) is 7.13. The number of anilines is 1. The molecule has 1 atom stereocenters. The van der Waals surface area contributed by atoms with E-state index in [1.807, 2.05) is 51.1 Å². The third-order valence-electron chi connectivity index (χ3n) is 4.85. The molecule has 0 radical (unpaired) electrons. The zero-order chi connectivity index (χ0) is 21.9. The van der Waals surface area contributed by atoms with Crippen molar-refractivity contribution in [1.29, 1.82) is 0 Å². The average Bonchev–Trinajstić information content (AvgIpc) is 2.95. The van der Waals surface area contributed by atoms with Crippen LogP contribution in [-0.2, 0) is 12.7 Å². The summed E-state index contributed by atoms with van der Waals surface area (Å²) in [4.78, 5) is 0. The Balaban J connectivity index is 1.72. The van der Waals surface area contributed by atoms with E-state index in [9.17, 15) is 13.2 Å². The van der Waals surface area contributed by atoms with Gasteiger partial charge in [0.25, 0.3) is 0 Å². The molecular weight excluding hydrogens is 409 g/mol. The largest absolute Gasteiger partial charge is 0.416 e. The fourth-order valence-corrected chi connectivity index (χ4v) is 3.50. The number of nitrogens with zero attached hydrogens (tertiary/aromatic N) is 2. The minimum absolute atomic E-state index is 0.0203. The fraction of sp³-hybridized carbons (Fsp3) is 0.273. The Morgan fingerprint density at radius 1 is 1.10 bits per heavy atom. The molecule has 2 aromatic carbocycles. The Morgan fingerprint density at radius 2 is 1.80 bits per heavy atom. The van der Waals surface area contributed by atoms with Gasteiger partial charge in [-0.1, -0.05) is 42.5 Å². The van der Waals surface area contributed by atoms with Gasteiger partial charge < -0.3 is 10.6 Å². The first kappa shape index (κ1) is 21.8. The minimum atomic E-state index is -4.37. The van der Waals surface area contributed by atoms with Gasteiger partial charge in [-0.15, -0.1) is 0 Å². The van der Waals surface area contributed by atoms with Gasteiger partial charge in [0.1, 0.15) is 0 Å². The monoisotopic (exact) mass is 432 g/mol. The van der Waals surface area contributed by atoms with Gasteiger partial charge in [0, 0.05) is 0 Å². The van der Waals surface area contributed by atoms with Gasteiger partial charge in [0.05, 0.1) is 35.2 Å². The van der Waals surface area contributed by atoms with Gasteiger partial charge in [-0.25, -0.2) is 0 Å². The Kier molecular flexibility index (Phi) is 6.45. The Hall–Kier alpha value is -2.87. The van der Waals surface area contributed by atoms with Crippen LogP contribution in [0.2, 0.25) is 0 Å². The molecule has 0 spiro atoms. The summed E-state index contributed by atoms with van der Waals surface area (Å²) in [6, 6.07) is 15.2. The number of rotatable bonds is 5. The molecule has 4 nitrogen and oxygen atoms in total. The lowest BCUT2D eigenvalue weighted by atomic mass is 10.1. The highest BCUT2D eigenvalue weighted by molar-refractivity contribution is 7.80. The van der Waals surface area contributed by atoms with Crippen LogP contribution in [0.1, 0.15) is 41.0 Å². The number of nitrogens with one attached hydrogen (secondary N) is 2. The van der Waals surface area contributed by atoms with Crippen molar-refractivity contribution in [3.63, 3.8) is 0 Å². The molecule has 1 heterocycles. The molecule has 0 saturated carbocycles. The molecule has 3 aromatic rings. The number of hydrogen-bond donors (Lipinski definition) is 2. The number of alkyl halides is 3. The van der Waals surface area contributed by atoms with E-state index in [-0.39, 0.29) is 12.6 Å². The van der Waals surface area contributed by atoms with Crippen LogP contribution in [-0.4, -0.2) is 14.9 Å². The van der Waals surface area contributed by atoms with E-state index in [1.165, 1.54) is 6.07 Å². The van der Waals surface area contributed by atoms with Crippen LogP contribution in [0.25, 0.3) is 0 Å². The molecule has 0 aliphatic heterocycles. The normalized spacial score (nSPS) is 12.5. The van der Waals surface area contributed by atoms with Crippen molar-refractivity contribution >= 4 is 23.0 Å². The maximum atomic E-state index is 13.0. The van der Waals surface area contributed by atoms with Gasteiger partial charge in [-0.2, -0.15) is 18.3 Å². The van der Waals surface area contributed by atoms with Crippen molar-refractivity contribution in [3.05, 3.63) is 82.7 Å².